The number of carbonyl (C=O) groups excluding carboxylic acids is 1. The molecule has 3 N–H and O–H groups in total. The lowest BCUT2D eigenvalue weighted by Crippen LogP contribution is -2.48. The Hall–Kier alpha value is -1.88. The number of anilines is 1. The van der Waals surface area contributed by atoms with E-state index in [1.54, 1.807) is 24.3 Å². The highest BCUT2D eigenvalue weighted by Crippen LogP contribution is 2.13. The third-order valence-electron chi connectivity index (χ3n) is 2.73. The summed E-state index contributed by atoms with van der Waals surface area (Å²) in [5, 5.41) is 14.4. The fourth-order valence-electron chi connectivity index (χ4n) is 1.60. The molecule has 1 saturated heterocycles. The maximum absolute atomic E-state index is 11.6. The summed E-state index contributed by atoms with van der Waals surface area (Å²) in [6.45, 7) is 1.45. The van der Waals surface area contributed by atoms with Crippen molar-refractivity contribution in [2.24, 2.45) is 5.92 Å². The second kappa shape index (κ2) is 4.97. The van der Waals surface area contributed by atoms with E-state index in [4.69, 9.17) is 5.11 Å². The molecule has 1 amide bonds. The highest BCUT2D eigenvalue weighted by atomic mass is 16.4. The lowest BCUT2D eigenvalue weighted by molar-refractivity contribution is -0.136. The summed E-state index contributed by atoms with van der Waals surface area (Å²) >= 11 is 0. The Morgan fingerprint density at radius 3 is 2.41 bits per heavy atom. The van der Waals surface area contributed by atoms with Crippen LogP contribution in [0.4, 0.5) is 5.69 Å². The van der Waals surface area contributed by atoms with Crippen molar-refractivity contribution in [3.05, 3.63) is 29.8 Å². The van der Waals surface area contributed by atoms with E-state index in [2.05, 4.69) is 10.6 Å². The molecule has 0 aliphatic carbocycles. The van der Waals surface area contributed by atoms with Crippen LogP contribution in [0.1, 0.15) is 5.56 Å². The van der Waals surface area contributed by atoms with Crippen molar-refractivity contribution in [2.45, 2.75) is 6.42 Å². The fourth-order valence-corrected chi connectivity index (χ4v) is 1.60. The smallest absolute Gasteiger partial charge is 0.307 e. The molecule has 5 heteroatoms. The number of hydrogen-bond acceptors (Lipinski definition) is 3. The maximum atomic E-state index is 11.6. The van der Waals surface area contributed by atoms with Gasteiger partial charge in [-0.3, -0.25) is 9.59 Å². The van der Waals surface area contributed by atoms with Gasteiger partial charge in [0, 0.05) is 18.8 Å². The van der Waals surface area contributed by atoms with Gasteiger partial charge in [-0.1, -0.05) is 12.1 Å². The van der Waals surface area contributed by atoms with Gasteiger partial charge in [0.15, 0.2) is 0 Å². The normalized spacial score (nSPS) is 15.1. The Kier molecular flexibility index (Phi) is 3.39. The highest BCUT2D eigenvalue weighted by Gasteiger charge is 2.24. The molecule has 1 fully saturated rings. The first-order valence-electron chi connectivity index (χ1n) is 5.47. The number of aliphatic carboxylic acids is 1. The summed E-state index contributed by atoms with van der Waals surface area (Å²) < 4.78 is 0. The molecular weight excluding hydrogens is 220 g/mol. The summed E-state index contributed by atoms with van der Waals surface area (Å²) in [6, 6.07) is 6.87. The maximum Gasteiger partial charge on any atom is 0.307 e. The van der Waals surface area contributed by atoms with Gasteiger partial charge >= 0.3 is 5.97 Å². The molecule has 0 spiro atoms. The second-order valence-electron chi connectivity index (χ2n) is 4.11. The third kappa shape index (κ3) is 3.04. The zero-order valence-electron chi connectivity index (χ0n) is 9.27. The molecule has 0 saturated carbocycles. The molecule has 2 rings (SSSR count). The molecule has 90 valence electrons. The van der Waals surface area contributed by atoms with E-state index in [1.165, 1.54) is 0 Å². The average molecular weight is 234 g/mol. The van der Waals surface area contributed by atoms with Crippen LogP contribution in [0.5, 0.6) is 0 Å². The van der Waals surface area contributed by atoms with E-state index in [0.29, 0.717) is 5.69 Å². The predicted molar refractivity (Wildman–Crippen MR) is 62.8 cm³/mol. The molecule has 0 atom stereocenters. The van der Waals surface area contributed by atoms with Gasteiger partial charge in [0.05, 0.1) is 12.3 Å². The standard InChI is InChI=1S/C12H14N2O3/c15-11(16)5-8-1-3-10(4-2-8)14-12(17)9-6-13-7-9/h1-4,9,13H,5-7H2,(H,14,17)(H,15,16). The molecule has 1 aromatic rings. The van der Waals surface area contributed by atoms with Crippen LogP contribution in [-0.2, 0) is 16.0 Å². The van der Waals surface area contributed by atoms with Gasteiger partial charge in [0.25, 0.3) is 0 Å². The molecule has 0 bridgehead atoms. The van der Waals surface area contributed by atoms with Crippen LogP contribution < -0.4 is 10.6 Å². The lowest BCUT2D eigenvalue weighted by atomic mass is 10.0. The van der Waals surface area contributed by atoms with Crippen molar-refractivity contribution in [2.75, 3.05) is 18.4 Å². The van der Waals surface area contributed by atoms with Crippen LogP contribution in [0.15, 0.2) is 24.3 Å². The molecule has 5 nitrogen and oxygen atoms in total. The van der Waals surface area contributed by atoms with Crippen LogP contribution in [0.3, 0.4) is 0 Å². The van der Waals surface area contributed by atoms with Crippen molar-refractivity contribution in [3.63, 3.8) is 0 Å². The van der Waals surface area contributed by atoms with Crippen LogP contribution in [0, 0.1) is 5.92 Å². The number of carbonyl (C=O) groups is 2. The minimum atomic E-state index is -0.859. The third-order valence-corrected chi connectivity index (χ3v) is 2.73. The lowest BCUT2D eigenvalue weighted by Gasteiger charge is -2.25. The van der Waals surface area contributed by atoms with Gasteiger partial charge in [-0.2, -0.15) is 0 Å². The van der Waals surface area contributed by atoms with Crippen LogP contribution in [0.2, 0.25) is 0 Å². The van der Waals surface area contributed by atoms with Gasteiger partial charge in [0.1, 0.15) is 0 Å². The number of carboxylic acid groups (broad SMARTS) is 1. The van der Waals surface area contributed by atoms with E-state index in [0.717, 1.165) is 18.7 Å². The van der Waals surface area contributed by atoms with Gasteiger partial charge in [0.2, 0.25) is 5.91 Å². The Morgan fingerprint density at radius 1 is 1.29 bits per heavy atom. The topological polar surface area (TPSA) is 78.4 Å². The molecule has 0 aromatic heterocycles. The van der Waals surface area contributed by atoms with E-state index in [9.17, 15) is 9.59 Å². The van der Waals surface area contributed by atoms with Gasteiger partial charge in [-0.15, -0.1) is 0 Å². The average Bonchev–Trinajstić information content (AvgIpc) is 2.17. The van der Waals surface area contributed by atoms with Gasteiger partial charge in [-0.25, -0.2) is 0 Å². The molecule has 0 radical (unpaired) electrons. The van der Waals surface area contributed by atoms with Gasteiger partial charge < -0.3 is 15.7 Å². The SMILES string of the molecule is O=C(O)Cc1ccc(NC(=O)C2CNC2)cc1. The van der Waals surface area contributed by atoms with E-state index in [1.807, 2.05) is 0 Å². The minimum Gasteiger partial charge on any atom is -0.481 e. The number of carboxylic acids is 1. The Labute approximate surface area is 98.8 Å². The predicted octanol–water partition coefficient (Wildman–Crippen LogP) is 0.472. The molecule has 1 aromatic carbocycles. The number of benzene rings is 1. The van der Waals surface area contributed by atoms with Crippen molar-refractivity contribution < 1.29 is 14.7 Å². The monoisotopic (exact) mass is 234 g/mol. The quantitative estimate of drug-likeness (QED) is 0.707. The molecule has 1 aliphatic heterocycles. The summed E-state index contributed by atoms with van der Waals surface area (Å²) in [5.74, 6) is -0.800. The Balaban J connectivity index is 1.93. The van der Waals surface area contributed by atoms with Crippen molar-refractivity contribution >= 4 is 17.6 Å². The fraction of sp³-hybridized carbons (Fsp3) is 0.333. The summed E-state index contributed by atoms with van der Waals surface area (Å²) in [6.07, 6.45) is 0.000765. The Morgan fingerprint density at radius 2 is 1.94 bits per heavy atom. The van der Waals surface area contributed by atoms with Crippen LogP contribution in [-0.4, -0.2) is 30.1 Å². The van der Waals surface area contributed by atoms with E-state index < -0.39 is 5.97 Å². The first-order chi connectivity index (χ1) is 8.15. The molecule has 0 unspecified atom stereocenters. The summed E-state index contributed by atoms with van der Waals surface area (Å²) in [4.78, 5) is 22.1. The van der Waals surface area contributed by atoms with Crippen LogP contribution in [0.25, 0.3) is 0 Å². The summed E-state index contributed by atoms with van der Waals surface area (Å²) in [7, 11) is 0. The largest absolute Gasteiger partial charge is 0.481 e. The van der Waals surface area contributed by atoms with Crippen LogP contribution >= 0.6 is 0 Å². The number of amides is 1. The number of rotatable bonds is 4. The van der Waals surface area contributed by atoms with E-state index >= 15 is 0 Å². The molecular formula is C12H14N2O3. The minimum absolute atomic E-state index is 0.000765. The number of nitrogens with one attached hydrogen (secondary N) is 2. The summed E-state index contributed by atoms with van der Waals surface area (Å²) in [5.41, 5.74) is 1.43. The van der Waals surface area contributed by atoms with E-state index in [-0.39, 0.29) is 18.2 Å². The zero-order chi connectivity index (χ0) is 12.3. The van der Waals surface area contributed by atoms with Crippen molar-refractivity contribution in [1.29, 1.82) is 0 Å². The second-order valence-corrected chi connectivity index (χ2v) is 4.11. The first kappa shape index (κ1) is 11.6. The first-order valence-corrected chi connectivity index (χ1v) is 5.47. The molecule has 1 aliphatic rings. The molecule has 17 heavy (non-hydrogen) atoms. The zero-order valence-corrected chi connectivity index (χ0v) is 9.27. The Bertz CT molecular complexity index is 424. The van der Waals surface area contributed by atoms with Crippen molar-refractivity contribution in [1.82, 2.24) is 5.32 Å². The molecule has 1 heterocycles. The van der Waals surface area contributed by atoms with Gasteiger partial charge in [-0.05, 0) is 17.7 Å². The number of hydrogen-bond donors (Lipinski definition) is 3. The van der Waals surface area contributed by atoms with Crippen molar-refractivity contribution in [3.8, 4) is 0 Å². The highest BCUT2D eigenvalue weighted by molar-refractivity contribution is 5.93.